The minimum Gasteiger partial charge on any atom is -0.330 e. The third kappa shape index (κ3) is 4.46. The quantitative estimate of drug-likeness (QED) is 0.661. The van der Waals surface area contributed by atoms with Crippen molar-refractivity contribution in [3.05, 3.63) is 0 Å². The van der Waals surface area contributed by atoms with Crippen molar-refractivity contribution < 1.29 is 8.42 Å². The van der Waals surface area contributed by atoms with E-state index in [2.05, 4.69) is 4.72 Å². The van der Waals surface area contributed by atoms with E-state index in [1.807, 2.05) is 27.7 Å². The normalized spacial score (nSPS) is 16.7. The van der Waals surface area contributed by atoms with Crippen molar-refractivity contribution in [2.75, 3.05) is 19.6 Å². The zero-order chi connectivity index (χ0) is 12.1. The molecule has 0 aromatic carbocycles. The molecule has 2 atom stereocenters. The highest BCUT2D eigenvalue weighted by atomic mass is 32.2. The number of nitrogens with two attached hydrogens (primary N) is 1. The van der Waals surface area contributed by atoms with Gasteiger partial charge in [0.25, 0.3) is 10.2 Å². The molecule has 0 aliphatic rings. The maximum atomic E-state index is 11.8. The Balaban J connectivity index is 4.50. The zero-order valence-corrected chi connectivity index (χ0v) is 10.8. The molecule has 0 aromatic heterocycles. The molecular weight excluding hydrogens is 214 g/mol. The van der Waals surface area contributed by atoms with Gasteiger partial charge >= 0.3 is 0 Å². The Hall–Kier alpha value is -0.170. The first-order chi connectivity index (χ1) is 6.88. The van der Waals surface area contributed by atoms with Gasteiger partial charge in [-0.2, -0.15) is 17.4 Å². The SMILES string of the molecule is CCN(CC)S(=O)(=O)NC(C)C(C)CN. The minimum atomic E-state index is -3.35. The van der Waals surface area contributed by atoms with Crippen LogP contribution in [0.5, 0.6) is 0 Å². The molecule has 0 spiro atoms. The summed E-state index contributed by atoms with van der Waals surface area (Å²) in [5.74, 6) is 0.135. The van der Waals surface area contributed by atoms with Crippen molar-refractivity contribution in [3.8, 4) is 0 Å². The molecule has 3 N–H and O–H groups in total. The molecule has 0 bridgehead atoms. The Bertz CT molecular complexity index is 263. The molecule has 15 heavy (non-hydrogen) atoms. The molecule has 92 valence electrons. The summed E-state index contributed by atoms with van der Waals surface area (Å²) in [5.41, 5.74) is 5.48. The van der Waals surface area contributed by atoms with Gasteiger partial charge in [-0.05, 0) is 19.4 Å². The maximum Gasteiger partial charge on any atom is 0.279 e. The van der Waals surface area contributed by atoms with Crippen LogP contribution in [0.1, 0.15) is 27.7 Å². The highest BCUT2D eigenvalue weighted by Crippen LogP contribution is 2.04. The molecule has 6 heteroatoms. The van der Waals surface area contributed by atoms with Crippen LogP contribution < -0.4 is 10.5 Å². The van der Waals surface area contributed by atoms with E-state index in [-0.39, 0.29) is 12.0 Å². The van der Waals surface area contributed by atoms with Crippen LogP contribution in [-0.2, 0) is 10.2 Å². The van der Waals surface area contributed by atoms with Crippen molar-refractivity contribution in [1.29, 1.82) is 0 Å². The summed E-state index contributed by atoms with van der Waals surface area (Å²) in [6.45, 7) is 8.83. The fourth-order valence-electron chi connectivity index (χ4n) is 1.19. The third-order valence-corrected chi connectivity index (χ3v) is 4.47. The third-order valence-electron chi connectivity index (χ3n) is 2.61. The number of hydrogen-bond acceptors (Lipinski definition) is 3. The van der Waals surface area contributed by atoms with Crippen LogP contribution >= 0.6 is 0 Å². The average Bonchev–Trinajstić information content (AvgIpc) is 2.17. The summed E-state index contributed by atoms with van der Waals surface area (Å²) in [6.07, 6.45) is 0. The fourth-order valence-corrected chi connectivity index (χ4v) is 2.72. The standard InChI is InChI=1S/C9H23N3O2S/c1-5-12(6-2)15(13,14)11-9(4)8(3)7-10/h8-9,11H,5-7,10H2,1-4H3. The van der Waals surface area contributed by atoms with Crippen LogP contribution in [0.2, 0.25) is 0 Å². The second-order valence-corrected chi connectivity index (χ2v) is 5.41. The molecular formula is C9H23N3O2S. The van der Waals surface area contributed by atoms with E-state index in [1.165, 1.54) is 4.31 Å². The second-order valence-electron chi connectivity index (χ2n) is 3.71. The van der Waals surface area contributed by atoms with E-state index in [9.17, 15) is 8.42 Å². The zero-order valence-electron chi connectivity index (χ0n) is 10.0. The second kappa shape index (κ2) is 6.42. The van der Waals surface area contributed by atoms with E-state index in [4.69, 9.17) is 5.73 Å². The lowest BCUT2D eigenvalue weighted by atomic mass is 10.1. The lowest BCUT2D eigenvalue weighted by molar-refractivity contribution is 0.402. The van der Waals surface area contributed by atoms with Crippen molar-refractivity contribution in [2.45, 2.75) is 33.7 Å². The van der Waals surface area contributed by atoms with Crippen LogP contribution in [0.15, 0.2) is 0 Å². The summed E-state index contributed by atoms with van der Waals surface area (Å²) in [4.78, 5) is 0. The summed E-state index contributed by atoms with van der Waals surface area (Å²) >= 11 is 0. The number of nitrogens with one attached hydrogen (secondary N) is 1. The van der Waals surface area contributed by atoms with E-state index < -0.39 is 10.2 Å². The van der Waals surface area contributed by atoms with Crippen molar-refractivity contribution in [2.24, 2.45) is 11.7 Å². The lowest BCUT2D eigenvalue weighted by Gasteiger charge is -2.24. The van der Waals surface area contributed by atoms with Gasteiger partial charge in [-0.25, -0.2) is 0 Å². The van der Waals surface area contributed by atoms with Gasteiger partial charge in [0.2, 0.25) is 0 Å². The van der Waals surface area contributed by atoms with Crippen LogP contribution in [0.25, 0.3) is 0 Å². The summed E-state index contributed by atoms with van der Waals surface area (Å²) in [6, 6.07) is -0.138. The molecule has 0 amide bonds. The summed E-state index contributed by atoms with van der Waals surface area (Å²) in [7, 11) is -3.35. The molecule has 5 nitrogen and oxygen atoms in total. The monoisotopic (exact) mass is 237 g/mol. The van der Waals surface area contributed by atoms with E-state index in [0.717, 1.165) is 0 Å². The molecule has 0 saturated carbocycles. The molecule has 0 rings (SSSR count). The first kappa shape index (κ1) is 14.8. The number of rotatable bonds is 7. The predicted molar refractivity (Wildman–Crippen MR) is 62.7 cm³/mol. The van der Waals surface area contributed by atoms with Crippen LogP contribution in [-0.4, -0.2) is 38.4 Å². The lowest BCUT2D eigenvalue weighted by Crippen LogP contribution is -2.47. The predicted octanol–water partition coefficient (Wildman–Crippen LogP) is 0.146. The molecule has 2 unspecified atom stereocenters. The highest BCUT2D eigenvalue weighted by molar-refractivity contribution is 7.87. The molecule has 0 fully saturated rings. The topological polar surface area (TPSA) is 75.4 Å². The fraction of sp³-hybridized carbons (Fsp3) is 1.00. The molecule has 0 aliphatic heterocycles. The highest BCUT2D eigenvalue weighted by Gasteiger charge is 2.22. The maximum absolute atomic E-state index is 11.8. The Kier molecular flexibility index (Phi) is 6.35. The molecule has 0 aliphatic carbocycles. The van der Waals surface area contributed by atoms with E-state index >= 15 is 0 Å². The molecule has 0 saturated heterocycles. The van der Waals surface area contributed by atoms with Crippen molar-refractivity contribution in [3.63, 3.8) is 0 Å². The van der Waals surface area contributed by atoms with Crippen LogP contribution in [0, 0.1) is 5.92 Å². The Labute approximate surface area is 93.2 Å². The van der Waals surface area contributed by atoms with Crippen molar-refractivity contribution >= 4 is 10.2 Å². The van der Waals surface area contributed by atoms with Gasteiger partial charge in [-0.15, -0.1) is 0 Å². The number of nitrogens with zero attached hydrogens (tertiary/aromatic N) is 1. The van der Waals surface area contributed by atoms with Crippen LogP contribution in [0.4, 0.5) is 0 Å². The Morgan fingerprint density at radius 1 is 1.27 bits per heavy atom. The summed E-state index contributed by atoms with van der Waals surface area (Å²) < 4.78 is 27.6. The average molecular weight is 237 g/mol. The Morgan fingerprint density at radius 2 is 1.73 bits per heavy atom. The van der Waals surface area contributed by atoms with Gasteiger partial charge in [0.15, 0.2) is 0 Å². The van der Waals surface area contributed by atoms with Gasteiger partial charge in [-0.3, -0.25) is 0 Å². The first-order valence-electron chi connectivity index (χ1n) is 5.36. The van der Waals surface area contributed by atoms with Gasteiger partial charge in [0, 0.05) is 19.1 Å². The Morgan fingerprint density at radius 3 is 2.07 bits per heavy atom. The molecule has 0 heterocycles. The smallest absolute Gasteiger partial charge is 0.279 e. The first-order valence-corrected chi connectivity index (χ1v) is 6.80. The van der Waals surface area contributed by atoms with Gasteiger partial charge in [0.1, 0.15) is 0 Å². The molecule has 0 radical (unpaired) electrons. The largest absolute Gasteiger partial charge is 0.330 e. The van der Waals surface area contributed by atoms with Gasteiger partial charge in [-0.1, -0.05) is 20.8 Å². The minimum absolute atomic E-state index is 0.135. The number of hydrogen-bond donors (Lipinski definition) is 2. The van der Waals surface area contributed by atoms with Gasteiger partial charge < -0.3 is 5.73 Å². The van der Waals surface area contributed by atoms with Crippen molar-refractivity contribution in [1.82, 2.24) is 9.03 Å². The summed E-state index contributed by atoms with van der Waals surface area (Å²) in [5, 5.41) is 0. The van der Waals surface area contributed by atoms with Gasteiger partial charge in [0.05, 0.1) is 0 Å². The van der Waals surface area contributed by atoms with E-state index in [0.29, 0.717) is 19.6 Å². The van der Waals surface area contributed by atoms with E-state index in [1.54, 1.807) is 0 Å². The molecule has 0 aromatic rings. The van der Waals surface area contributed by atoms with Crippen LogP contribution in [0.3, 0.4) is 0 Å².